The lowest BCUT2D eigenvalue weighted by molar-refractivity contribution is 0.102. The Labute approximate surface area is 120 Å². The second-order valence-corrected chi connectivity index (χ2v) is 5.47. The van der Waals surface area contributed by atoms with Crippen molar-refractivity contribution in [1.82, 2.24) is 0 Å². The number of ketones is 1. The molecule has 2 rings (SSSR count). The van der Waals surface area contributed by atoms with E-state index in [4.69, 9.17) is 11.6 Å². The second-order valence-electron chi connectivity index (χ2n) is 4.05. The van der Waals surface area contributed by atoms with E-state index in [2.05, 4.69) is 0 Å². The second kappa shape index (κ2) is 6.73. The molecule has 98 valence electrons. The highest BCUT2D eigenvalue weighted by Crippen LogP contribution is 2.16. The molecule has 0 bridgehead atoms. The monoisotopic (exact) mass is 294 g/mol. The standard InChI is InChI=1S/C15H12ClFOS/c16-13-5-1-11(2-6-13)9-19-10-15(18)12-3-7-14(17)8-4-12/h1-8H,9-10H2. The first-order chi connectivity index (χ1) is 9.15. The topological polar surface area (TPSA) is 17.1 Å². The predicted octanol–water partition coefficient (Wildman–Crippen LogP) is 4.60. The van der Waals surface area contributed by atoms with E-state index in [1.807, 2.05) is 24.3 Å². The maximum absolute atomic E-state index is 12.7. The molecule has 0 spiro atoms. The Bertz CT molecular complexity index is 551. The zero-order valence-electron chi connectivity index (χ0n) is 10.1. The number of benzene rings is 2. The van der Waals surface area contributed by atoms with E-state index in [1.54, 1.807) is 0 Å². The fourth-order valence-corrected chi connectivity index (χ4v) is 2.57. The lowest BCUT2D eigenvalue weighted by atomic mass is 10.1. The Hall–Kier alpha value is -1.32. The van der Waals surface area contributed by atoms with Crippen LogP contribution in [0.5, 0.6) is 0 Å². The number of hydrogen-bond acceptors (Lipinski definition) is 2. The van der Waals surface area contributed by atoms with E-state index in [0.29, 0.717) is 16.3 Å². The Balaban J connectivity index is 1.84. The Kier molecular flexibility index (Phi) is 5.00. The molecule has 0 N–H and O–H groups in total. The third kappa shape index (κ3) is 4.37. The molecule has 0 aliphatic heterocycles. The van der Waals surface area contributed by atoms with Crippen molar-refractivity contribution in [3.05, 3.63) is 70.5 Å². The molecule has 0 saturated heterocycles. The van der Waals surface area contributed by atoms with Gasteiger partial charge in [0.05, 0.1) is 5.75 Å². The van der Waals surface area contributed by atoms with E-state index in [0.717, 1.165) is 11.3 Å². The van der Waals surface area contributed by atoms with Gasteiger partial charge in [-0.3, -0.25) is 4.79 Å². The van der Waals surface area contributed by atoms with Gasteiger partial charge in [0.25, 0.3) is 0 Å². The fourth-order valence-electron chi connectivity index (χ4n) is 1.56. The zero-order chi connectivity index (χ0) is 13.7. The van der Waals surface area contributed by atoms with Crippen molar-refractivity contribution < 1.29 is 9.18 Å². The van der Waals surface area contributed by atoms with Gasteiger partial charge in [0.15, 0.2) is 5.78 Å². The van der Waals surface area contributed by atoms with Crippen molar-refractivity contribution in [3.8, 4) is 0 Å². The quantitative estimate of drug-likeness (QED) is 0.750. The minimum Gasteiger partial charge on any atom is -0.293 e. The van der Waals surface area contributed by atoms with Crippen LogP contribution in [0.2, 0.25) is 5.02 Å². The first-order valence-corrected chi connectivity index (χ1v) is 7.29. The van der Waals surface area contributed by atoms with Gasteiger partial charge in [-0.2, -0.15) is 0 Å². The lowest BCUT2D eigenvalue weighted by Gasteiger charge is -2.02. The summed E-state index contributed by atoms with van der Waals surface area (Å²) in [5.74, 6) is 0.822. The molecule has 0 aliphatic rings. The van der Waals surface area contributed by atoms with Crippen molar-refractivity contribution in [2.45, 2.75) is 5.75 Å². The van der Waals surface area contributed by atoms with Crippen molar-refractivity contribution in [3.63, 3.8) is 0 Å². The average molecular weight is 295 g/mol. The molecule has 0 aliphatic carbocycles. The SMILES string of the molecule is O=C(CSCc1ccc(Cl)cc1)c1ccc(F)cc1. The molecular weight excluding hydrogens is 283 g/mol. The average Bonchev–Trinajstić information content (AvgIpc) is 2.41. The number of thioether (sulfide) groups is 1. The van der Waals surface area contributed by atoms with Gasteiger partial charge in [0.1, 0.15) is 5.82 Å². The Morgan fingerprint density at radius 1 is 1.05 bits per heavy atom. The van der Waals surface area contributed by atoms with Gasteiger partial charge in [-0.25, -0.2) is 4.39 Å². The molecule has 4 heteroatoms. The third-order valence-corrected chi connectivity index (χ3v) is 3.84. The van der Waals surface area contributed by atoms with E-state index < -0.39 is 0 Å². The molecule has 0 atom stereocenters. The molecule has 2 aromatic rings. The van der Waals surface area contributed by atoms with Crippen LogP contribution in [0, 0.1) is 5.82 Å². The summed E-state index contributed by atoms with van der Waals surface area (Å²) in [6.07, 6.45) is 0. The van der Waals surface area contributed by atoms with Crippen molar-refractivity contribution in [2.24, 2.45) is 0 Å². The van der Waals surface area contributed by atoms with E-state index >= 15 is 0 Å². The summed E-state index contributed by atoms with van der Waals surface area (Å²) in [6.45, 7) is 0. The maximum Gasteiger partial charge on any atom is 0.172 e. The first-order valence-electron chi connectivity index (χ1n) is 5.76. The molecular formula is C15H12ClFOS. The molecule has 0 saturated carbocycles. The van der Waals surface area contributed by atoms with E-state index in [-0.39, 0.29) is 11.6 Å². The largest absolute Gasteiger partial charge is 0.293 e. The summed E-state index contributed by atoms with van der Waals surface area (Å²) in [5.41, 5.74) is 1.67. The number of carbonyl (C=O) groups excluding carboxylic acids is 1. The maximum atomic E-state index is 12.7. The number of hydrogen-bond donors (Lipinski definition) is 0. The fraction of sp³-hybridized carbons (Fsp3) is 0.133. The summed E-state index contributed by atoms with van der Waals surface area (Å²) < 4.78 is 12.7. The summed E-state index contributed by atoms with van der Waals surface area (Å²) >= 11 is 7.33. The van der Waals surface area contributed by atoms with Crippen LogP contribution in [-0.4, -0.2) is 11.5 Å². The number of halogens is 2. The normalized spacial score (nSPS) is 10.4. The van der Waals surface area contributed by atoms with Crippen LogP contribution in [0.15, 0.2) is 48.5 Å². The number of Topliss-reactive ketones (excluding diaryl/α,β-unsaturated/α-hetero) is 1. The smallest absolute Gasteiger partial charge is 0.172 e. The van der Waals surface area contributed by atoms with Crippen molar-refractivity contribution in [1.29, 1.82) is 0 Å². The van der Waals surface area contributed by atoms with Gasteiger partial charge >= 0.3 is 0 Å². The Morgan fingerprint density at radius 2 is 1.68 bits per heavy atom. The summed E-state index contributed by atoms with van der Waals surface area (Å²) in [6, 6.07) is 13.2. The third-order valence-electron chi connectivity index (χ3n) is 2.58. The van der Waals surface area contributed by atoms with Crippen molar-refractivity contribution >= 4 is 29.1 Å². The van der Waals surface area contributed by atoms with Gasteiger partial charge in [0.2, 0.25) is 0 Å². The van der Waals surface area contributed by atoms with Gasteiger partial charge in [-0.15, -0.1) is 11.8 Å². The van der Waals surface area contributed by atoms with Crippen LogP contribution in [0.1, 0.15) is 15.9 Å². The van der Waals surface area contributed by atoms with Crippen LogP contribution >= 0.6 is 23.4 Å². The van der Waals surface area contributed by atoms with Gasteiger partial charge < -0.3 is 0 Å². The molecule has 0 unspecified atom stereocenters. The molecule has 19 heavy (non-hydrogen) atoms. The zero-order valence-corrected chi connectivity index (χ0v) is 11.7. The highest BCUT2D eigenvalue weighted by atomic mass is 35.5. The first kappa shape index (κ1) is 14.1. The van der Waals surface area contributed by atoms with Crippen LogP contribution in [0.4, 0.5) is 4.39 Å². The highest BCUT2D eigenvalue weighted by molar-refractivity contribution is 7.99. The lowest BCUT2D eigenvalue weighted by Crippen LogP contribution is -2.02. The minimum absolute atomic E-state index is 0.0129. The predicted molar refractivity (Wildman–Crippen MR) is 78.3 cm³/mol. The van der Waals surface area contributed by atoms with Crippen LogP contribution in [0.3, 0.4) is 0 Å². The summed E-state index contributed by atoms with van der Waals surface area (Å²) in [4.78, 5) is 11.8. The van der Waals surface area contributed by atoms with Crippen LogP contribution in [-0.2, 0) is 5.75 Å². The minimum atomic E-state index is -0.328. The van der Waals surface area contributed by atoms with E-state index in [1.165, 1.54) is 36.0 Å². The summed E-state index contributed by atoms with van der Waals surface area (Å²) in [7, 11) is 0. The van der Waals surface area contributed by atoms with Gasteiger partial charge in [0, 0.05) is 16.3 Å². The highest BCUT2D eigenvalue weighted by Gasteiger charge is 2.06. The van der Waals surface area contributed by atoms with E-state index in [9.17, 15) is 9.18 Å². The van der Waals surface area contributed by atoms with Crippen LogP contribution < -0.4 is 0 Å². The van der Waals surface area contributed by atoms with Crippen LogP contribution in [0.25, 0.3) is 0 Å². The molecule has 0 heterocycles. The summed E-state index contributed by atoms with van der Waals surface area (Å²) in [5, 5.41) is 0.705. The molecule has 0 fully saturated rings. The molecule has 0 aromatic heterocycles. The molecule has 0 radical (unpaired) electrons. The van der Waals surface area contributed by atoms with Gasteiger partial charge in [-0.05, 0) is 42.0 Å². The Morgan fingerprint density at radius 3 is 2.32 bits per heavy atom. The molecule has 0 amide bonds. The number of rotatable bonds is 5. The molecule has 1 nitrogen and oxygen atoms in total. The van der Waals surface area contributed by atoms with Crippen molar-refractivity contribution in [2.75, 3.05) is 5.75 Å². The van der Waals surface area contributed by atoms with Gasteiger partial charge in [-0.1, -0.05) is 23.7 Å². The number of carbonyl (C=O) groups is 1. The molecule has 2 aromatic carbocycles.